The maximum absolute atomic E-state index is 12.6. The third kappa shape index (κ3) is 3.79. The summed E-state index contributed by atoms with van der Waals surface area (Å²) in [5, 5.41) is 1.96. The van der Waals surface area contributed by atoms with E-state index in [0.29, 0.717) is 6.42 Å². The van der Waals surface area contributed by atoms with Crippen LogP contribution in [0.3, 0.4) is 0 Å². The number of amides is 4. The monoisotopic (exact) mass is 399 g/mol. The Kier molecular flexibility index (Phi) is 5.40. The van der Waals surface area contributed by atoms with Gasteiger partial charge in [0.1, 0.15) is 0 Å². The summed E-state index contributed by atoms with van der Waals surface area (Å²) in [7, 11) is 0. The Labute approximate surface area is 167 Å². The van der Waals surface area contributed by atoms with Crippen LogP contribution >= 0.6 is 11.3 Å². The van der Waals surface area contributed by atoms with Gasteiger partial charge in [-0.25, -0.2) is 9.69 Å². The number of carbonyl (C=O) groups is 3. The van der Waals surface area contributed by atoms with Crippen molar-refractivity contribution in [3.8, 4) is 0 Å². The third-order valence-corrected chi connectivity index (χ3v) is 6.21. The molecule has 4 amide bonds. The third-order valence-electron chi connectivity index (χ3n) is 5.27. The van der Waals surface area contributed by atoms with Crippen molar-refractivity contribution in [3.05, 3.63) is 52.7 Å². The van der Waals surface area contributed by atoms with Gasteiger partial charge in [-0.1, -0.05) is 24.3 Å². The molecule has 0 spiro atoms. The number of urea groups is 1. The van der Waals surface area contributed by atoms with E-state index in [0.717, 1.165) is 45.8 Å². The quantitative estimate of drug-likeness (QED) is 0.566. The van der Waals surface area contributed by atoms with Crippen LogP contribution in [-0.2, 0) is 16.0 Å². The lowest BCUT2D eigenvalue weighted by molar-refractivity contribution is -0.907. The lowest BCUT2D eigenvalue weighted by atomic mass is 10.2. The summed E-state index contributed by atoms with van der Waals surface area (Å²) < 4.78 is 0. The van der Waals surface area contributed by atoms with Crippen LogP contribution in [0.5, 0.6) is 0 Å². The first-order valence-electron chi connectivity index (χ1n) is 9.47. The molecule has 146 valence electrons. The summed E-state index contributed by atoms with van der Waals surface area (Å²) in [5.41, 5.74) is 1.19. The first-order chi connectivity index (χ1) is 13.6. The molecule has 2 aliphatic rings. The SMILES string of the molecule is O=C1C(=O)N(C[NH+]2CCN(c3ccccc3)CC2)C(=O)N1CCc1cccs1. The first-order valence-corrected chi connectivity index (χ1v) is 10.3. The number of hydrogen-bond acceptors (Lipinski definition) is 5. The van der Waals surface area contributed by atoms with Crippen LogP contribution in [-0.4, -0.2) is 67.0 Å². The number of rotatable bonds is 6. The Morgan fingerprint density at radius 2 is 1.61 bits per heavy atom. The summed E-state index contributed by atoms with van der Waals surface area (Å²) in [5.74, 6) is -1.40. The van der Waals surface area contributed by atoms with Crippen molar-refractivity contribution in [1.29, 1.82) is 0 Å². The topological polar surface area (TPSA) is 65.4 Å². The molecule has 2 saturated heterocycles. The number of thiophene rings is 1. The molecule has 8 heteroatoms. The van der Waals surface area contributed by atoms with Gasteiger partial charge in [-0.3, -0.25) is 14.5 Å². The van der Waals surface area contributed by atoms with E-state index in [2.05, 4.69) is 17.0 Å². The Hall–Kier alpha value is -2.71. The van der Waals surface area contributed by atoms with Crippen LogP contribution in [0.25, 0.3) is 0 Å². The van der Waals surface area contributed by atoms with E-state index in [1.807, 2.05) is 35.7 Å². The number of anilines is 1. The predicted molar refractivity (Wildman–Crippen MR) is 106 cm³/mol. The summed E-state index contributed by atoms with van der Waals surface area (Å²) in [4.78, 5) is 44.0. The van der Waals surface area contributed by atoms with Crippen molar-refractivity contribution >= 4 is 34.9 Å². The smallest absolute Gasteiger partial charge is 0.338 e. The van der Waals surface area contributed by atoms with E-state index < -0.39 is 17.8 Å². The highest BCUT2D eigenvalue weighted by molar-refractivity contribution is 7.09. The predicted octanol–water partition coefficient (Wildman–Crippen LogP) is 0.444. The number of quaternary nitrogens is 1. The lowest BCUT2D eigenvalue weighted by Gasteiger charge is -2.34. The Balaban J connectivity index is 1.32. The van der Waals surface area contributed by atoms with Gasteiger partial charge in [0.25, 0.3) is 0 Å². The molecule has 0 atom stereocenters. The van der Waals surface area contributed by atoms with E-state index in [9.17, 15) is 14.4 Å². The minimum Gasteiger partial charge on any atom is -0.360 e. The second-order valence-electron chi connectivity index (χ2n) is 7.03. The fourth-order valence-electron chi connectivity index (χ4n) is 3.67. The molecular formula is C20H23N4O3S+. The molecule has 1 N–H and O–H groups in total. The molecule has 0 radical (unpaired) electrons. The number of nitrogens with zero attached hydrogens (tertiary/aromatic N) is 3. The second kappa shape index (κ2) is 8.12. The largest absolute Gasteiger partial charge is 0.360 e. The molecule has 2 aliphatic heterocycles. The van der Waals surface area contributed by atoms with Crippen molar-refractivity contribution in [3.63, 3.8) is 0 Å². The molecule has 28 heavy (non-hydrogen) atoms. The Bertz CT molecular complexity index is 848. The summed E-state index contributed by atoms with van der Waals surface area (Å²) >= 11 is 1.58. The molecular weight excluding hydrogens is 376 g/mol. The lowest BCUT2D eigenvalue weighted by Crippen LogP contribution is -3.16. The normalized spacial score (nSPS) is 18.4. The number of carbonyl (C=O) groups excluding carboxylic acids is 3. The maximum Gasteiger partial charge on any atom is 0.338 e. The zero-order valence-electron chi connectivity index (χ0n) is 15.5. The van der Waals surface area contributed by atoms with E-state index in [4.69, 9.17) is 0 Å². The van der Waals surface area contributed by atoms with Gasteiger partial charge in [0, 0.05) is 23.5 Å². The molecule has 7 nitrogen and oxygen atoms in total. The van der Waals surface area contributed by atoms with Crippen molar-refractivity contribution < 1.29 is 19.3 Å². The van der Waals surface area contributed by atoms with Gasteiger partial charge >= 0.3 is 17.8 Å². The van der Waals surface area contributed by atoms with Gasteiger partial charge in [-0.2, -0.15) is 0 Å². The number of benzene rings is 1. The molecule has 2 fully saturated rings. The van der Waals surface area contributed by atoms with Gasteiger partial charge in [0.15, 0.2) is 6.67 Å². The summed E-state index contributed by atoms with van der Waals surface area (Å²) in [6, 6.07) is 13.6. The molecule has 4 rings (SSSR count). The molecule has 0 unspecified atom stereocenters. The number of imide groups is 2. The standard InChI is InChI=1S/C20H22N4O3S/c25-18-19(26)24(20(27)23(18)9-8-17-7-4-14-28-17)15-21-10-12-22(13-11-21)16-5-2-1-3-6-16/h1-7,14H,8-13,15H2/p+1. The fourth-order valence-corrected chi connectivity index (χ4v) is 4.36. The highest BCUT2D eigenvalue weighted by Crippen LogP contribution is 2.15. The molecule has 1 aromatic heterocycles. The van der Waals surface area contributed by atoms with Crippen LogP contribution < -0.4 is 9.80 Å². The number of nitrogens with one attached hydrogen (secondary N) is 1. The van der Waals surface area contributed by atoms with E-state index >= 15 is 0 Å². The highest BCUT2D eigenvalue weighted by atomic mass is 32.1. The van der Waals surface area contributed by atoms with Crippen LogP contribution in [0.4, 0.5) is 10.5 Å². The molecule has 3 heterocycles. The molecule has 1 aromatic carbocycles. The van der Waals surface area contributed by atoms with Crippen LogP contribution in [0.1, 0.15) is 4.88 Å². The minimum atomic E-state index is -0.705. The van der Waals surface area contributed by atoms with E-state index in [1.165, 1.54) is 5.69 Å². The zero-order valence-corrected chi connectivity index (χ0v) is 16.4. The van der Waals surface area contributed by atoms with Crippen molar-refractivity contribution in [2.24, 2.45) is 0 Å². The Morgan fingerprint density at radius 3 is 2.29 bits per heavy atom. The minimum absolute atomic E-state index is 0.248. The fraction of sp³-hybridized carbons (Fsp3) is 0.350. The molecule has 2 aromatic rings. The number of hydrogen-bond donors (Lipinski definition) is 1. The van der Waals surface area contributed by atoms with Crippen LogP contribution in [0, 0.1) is 0 Å². The van der Waals surface area contributed by atoms with Crippen LogP contribution in [0.15, 0.2) is 47.8 Å². The Morgan fingerprint density at radius 1 is 0.893 bits per heavy atom. The summed E-state index contributed by atoms with van der Waals surface area (Å²) in [6.45, 7) is 3.83. The average Bonchev–Trinajstić information content (AvgIpc) is 3.32. The zero-order chi connectivity index (χ0) is 19.5. The van der Waals surface area contributed by atoms with Crippen LogP contribution in [0.2, 0.25) is 0 Å². The average molecular weight is 399 g/mol. The van der Waals surface area contributed by atoms with Gasteiger partial charge in [0.2, 0.25) is 0 Å². The first kappa shape index (κ1) is 18.6. The van der Waals surface area contributed by atoms with E-state index in [1.54, 1.807) is 11.3 Å². The molecule has 0 saturated carbocycles. The van der Waals surface area contributed by atoms with Crippen molar-refractivity contribution in [2.75, 3.05) is 44.3 Å². The molecule has 0 aliphatic carbocycles. The highest BCUT2D eigenvalue weighted by Gasteiger charge is 2.46. The molecule has 0 bridgehead atoms. The van der Waals surface area contributed by atoms with Gasteiger partial charge < -0.3 is 9.80 Å². The van der Waals surface area contributed by atoms with E-state index in [-0.39, 0.29) is 13.2 Å². The van der Waals surface area contributed by atoms with Gasteiger partial charge in [0.05, 0.1) is 26.2 Å². The second-order valence-corrected chi connectivity index (χ2v) is 8.06. The number of para-hydroxylation sites is 1. The summed E-state index contributed by atoms with van der Waals surface area (Å²) in [6.07, 6.45) is 0.582. The maximum atomic E-state index is 12.6. The number of piperazine rings is 1. The van der Waals surface area contributed by atoms with Crippen molar-refractivity contribution in [1.82, 2.24) is 9.80 Å². The van der Waals surface area contributed by atoms with Gasteiger partial charge in [-0.05, 0) is 23.6 Å². The van der Waals surface area contributed by atoms with Gasteiger partial charge in [-0.15, -0.1) is 11.3 Å². The van der Waals surface area contributed by atoms with Crippen molar-refractivity contribution in [2.45, 2.75) is 6.42 Å².